The van der Waals surface area contributed by atoms with Crippen LogP contribution >= 0.6 is 8.38 Å². The number of rotatable bonds is 11. The van der Waals surface area contributed by atoms with Gasteiger partial charge in [0.2, 0.25) is 8.38 Å². The van der Waals surface area contributed by atoms with E-state index in [1.807, 2.05) is 0 Å². The molecule has 0 saturated heterocycles. The minimum atomic E-state index is -7.09. The molecule has 41 heavy (non-hydrogen) atoms. The Morgan fingerprint density at radius 2 is 0.683 bits per heavy atom. The molecule has 0 aliphatic heterocycles. The molecular formula is C18H13F18O4P. The Balaban J connectivity index is 3.10. The van der Waals surface area contributed by atoms with Crippen molar-refractivity contribution in [1.82, 2.24) is 0 Å². The molecule has 0 spiro atoms. The van der Waals surface area contributed by atoms with Gasteiger partial charge < -0.3 is 18.5 Å². The summed E-state index contributed by atoms with van der Waals surface area (Å²) in [7, 11) is -2.97. The second-order valence-electron chi connectivity index (χ2n) is 7.30. The fraction of sp³-hybridized carbons (Fsp3) is 0.667. The quantitative estimate of drug-likeness (QED) is 0.139. The molecule has 1 aromatic rings. The summed E-state index contributed by atoms with van der Waals surface area (Å²) < 4.78 is 248. The van der Waals surface area contributed by atoms with Gasteiger partial charge in [-0.1, -0.05) is 18.2 Å². The Kier molecular flexibility index (Phi) is 11.3. The normalized spacial score (nSPS) is 15.1. The Morgan fingerprint density at radius 1 is 0.415 bits per heavy atom. The van der Waals surface area contributed by atoms with Crippen molar-refractivity contribution >= 4 is 13.7 Å². The van der Waals surface area contributed by atoms with Crippen molar-refractivity contribution in [3.63, 3.8) is 0 Å². The van der Waals surface area contributed by atoms with Gasteiger partial charge in [0.05, 0.1) is 26.4 Å². The van der Waals surface area contributed by atoms with Gasteiger partial charge >= 0.3 is 48.3 Å². The predicted octanol–water partition coefficient (Wildman–Crippen LogP) is 7.54. The zero-order valence-electron chi connectivity index (χ0n) is 19.1. The van der Waals surface area contributed by atoms with E-state index in [0.717, 1.165) is 24.3 Å². The van der Waals surface area contributed by atoms with E-state index in [9.17, 15) is 79.0 Å². The summed E-state index contributed by atoms with van der Waals surface area (Å²) in [5.41, 5.74) is -13.4. The van der Waals surface area contributed by atoms with Gasteiger partial charge in [0, 0.05) is 5.30 Å². The zero-order valence-corrected chi connectivity index (χ0v) is 20.0. The molecule has 0 saturated carbocycles. The highest BCUT2D eigenvalue weighted by Gasteiger charge is 2.86. The van der Waals surface area contributed by atoms with Gasteiger partial charge in [-0.15, -0.1) is 0 Å². The molecule has 0 fully saturated rings. The maximum atomic E-state index is 12.9. The summed E-state index contributed by atoms with van der Waals surface area (Å²) in [5, 5.41) is -0.273. The van der Waals surface area contributed by atoms with Crippen LogP contribution in [0.25, 0.3) is 0 Å². The Hall–Kier alpha value is -1.77. The van der Waals surface area contributed by atoms with Crippen molar-refractivity contribution in [3.8, 4) is 0 Å². The lowest BCUT2D eigenvalue weighted by atomic mass is 10.0. The van der Waals surface area contributed by atoms with E-state index in [2.05, 4.69) is 18.5 Å². The molecule has 0 atom stereocenters. The minimum Gasteiger partial charge on any atom is -0.349 e. The average Bonchev–Trinajstić information content (AvgIpc) is 2.72. The highest BCUT2D eigenvalue weighted by molar-refractivity contribution is 7.56. The predicted molar refractivity (Wildman–Crippen MR) is 98.6 cm³/mol. The smallest absolute Gasteiger partial charge is 0.349 e. The number of hydrogen-bond acceptors (Lipinski definition) is 4. The Morgan fingerprint density at radius 3 is 0.927 bits per heavy atom. The lowest BCUT2D eigenvalue weighted by Crippen LogP contribution is -2.68. The number of hydrogen-bond donors (Lipinski definition) is 0. The van der Waals surface area contributed by atoms with E-state index in [0.29, 0.717) is 0 Å². The van der Waals surface area contributed by atoms with Crippen LogP contribution in [0, 0.1) is 0 Å². The van der Waals surface area contributed by atoms with Crippen molar-refractivity contribution in [2.45, 2.75) is 48.3 Å². The minimum absolute atomic E-state index is 0.273. The molecule has 1 aromatic carbocycles. The molecule has 0 bridgehead atoms. The summed E-state index contributed by atoms with van der Waals surface area (Å²) in [5.74, 6) is 0. The molecule has 240 valence electrons. The van der Waals surface area contributed by atoms with Gasteiger partial charge in [-0.2, -0.15) is 79.0 Å². The van der Waals surface area contributed by atoms with Crippen molar-refractivity contribution in [3.05, 3.63) is 30.3 Å². The molecular weight excluding hydrogens is 653 g/mol. The monoisotopic (exact) mass is 666 g/mol. The van der Waals surface area contributed by atoms with Crippen molar-refractivity contribution < 1.29 is 97.5 Å². The number of halogens is 18. The first-order valence-electron chi connectivity index (χ1n) is 9.96. The topological polar surface area (TPSA) is 36.9 Å². The van der Waals surface area contributed by atoms with Crippen LogP contribution in [0.3, 0.4) is 0 Å². The van der Waals surface area contributed by atoms with Crippen molar-refractivity contribution in [2.75, 3.05) is 26.4 Å². The van der Waals surface area contributed by atoms with Gasteiger partial charge in [-0.25, -0.2) is 0 Å². The van der Waals surface area contributed by atoms with Crippen LogP contribution in [0.2, 0.25) is 0 Å². The molecule has 0 amide bonds. The molecule has 0 heterocycles. The van der Waals surface area contributed by atoms with Crippen LogP contribution in [0.4, 0.5) is 79.0 Å². The number of benzene rings is 1. The number of ether oxygens (including phenoxy) is 2. The molecule has 0 aromatic heterocycles. The SMILES string of the molecule is FC(F)(F)C(OCCOP(OCCOC(C(F)(F)F)(C(F)(F)F)C(F)(F)F)c1ccccc1)(C(F)(F)F)C(F)(F)F. The standard InChI is InChI=1S/C18H13F18O4P/c19-13(20,21)11(14(22,23)24,15(25,26)27)37-6-8-39-41(10-4-2-1-3-5-10)40-9-7-38-12(16(28,29)30,17(31,32)33)18(34,35)36/h1-5H,6-9H2. The summed E-state index contributed by atoms with van der Waals surface area (Å²) in [6.45, 7) is -7.38. The zero-order chi connectivity index (χ0) is 32.3. The molecule has 0 radical (unpaired) electrons. The molecule has 0 N–H and O–H groups in total. The van der Waals surface area contributed by atoms with Gasteiger partial charge in [-0.05, 0) is 12.1 Å². The van der Waals surface area contributed by atoms with E-state index in [-0.39, 0.29) is 5.30 Å². The summed E-state index contributed by atoms with van der Waals surface area (Å²) in [6.07, 6.45) is -42.6. The van der Waals surface area contributed by atoms with Crippen LogP contribution < -0.4 is 5.30 Å². The van der Waals surface area contributed by atoms with E-state index in [1.54, 1.807) is 0 Å². The third-order valence-electron chi connectivity index (χ3n) is 4.58. The van der Waals surface area contributed by atoms with Crippen LogP contribution in [0.5, 0.6) is 0 Å². The van der Waals surface area contributed by atoms with E-state index < -0.39 is 83.1 Å². The van der Waals surface area contributed by atoms with Crippen LogP contribution in [0.1, 0.15) is 0 Å². The van der Waals surface area contributed by atoms with Crippen molar-refractivity contribution in [2.24, 2.45) is 0 Å². The number of alkyl halides is 18. The van der Waals surface area contributed by atoms with Gasteiger partial charge in [0.1, 0.15) is 0 Å². The third-order valence-corrected chi connectivity index (χ3v) is 6.14. The maximum absolute atomic E-state index is 12.9. The second kappa shape index (κ2) is 12.5. The van der Waals surface area contributed by atoms with Gasteiger partial charge in [-0.3, -0.25) is 0 Å². The lowest BCUT2D eigenvalue weighted by molar-refractivity contribution is -0.458. The van der Waals surface area contributed by atoms with Crippen molar-refractivity contribution in [1.29, 1.82) is 0 Å². The van der Waals surface area contributed by atoms with Gasteiger partial charge in [0.25, 0.3) is 0 Å². The fourth-order valence-electron chi connectivity index (χ4n) is 2.82. The second-order valence-corrected chi connectivity index (χ2v) is 8.85. The highest BCUT2D eigenvalue weighted by Crippen LogP contribution is 2.56. The summed E-state index contributed by atoms with van der Waals surface area (Å²) >= 11 is 0. The first-order chi connectivity index (χ1) is 18.2. The fourth-order valence-corrected chi connectivity index (χ4v) is 4.09. The van der Waals surface area contributed by atoms with E-state index in [4.69, 9.17) is 0 Å². The molecule has 23 heteroatoms. The average molecular weight is 666 g/mol. The maximum Gasteiger partial charge on any atom is 0.435 e. The summed E-state index contributed by atoms with van der Waals surface area (Å²) in [4.78, 5) is 0. The first kappa shape index (κ1) is 37.3. The van der Waals surface area contributed by atoms with Crippen LogP contribution in [-0.2, 0) is 18.5 Å². The largest absolute Gasteiger partial charge is 0.435 e. The molecule has 1 rings (SSSR count). The van der Waals surface area contributed by atoms with E-state index in [1.165, 1.54) is 6.07 Å². The lowest BCUT2D eigenvalue weighted by Gasteiger charge is -2.38. The molecule has 4 nitrogen and oxygen atoms in total. The highest BCUT2D eigenvalue weighted by atomic mass is 31.2. The Bertz CT molecular complexity index is 818. The third kappa shape index (κ3) is 7.80. The van der Waals surface area contributed by atoms with Gasteiger partial charge in [0.15, 0.2) is 0 Å². The molecule has 0 aliphatic rings. The van der Waals surface area contributed by atoms with Crippen LogP contribution in [-0.4, -0.2) is 74.7 Å². The van der Waals surface area contributed by atoms with Crippen LogP contribution in [0.15, 0.2) is 30.3 Å². The Labute approximate surface area is 217 Å². The first-order valence-corrected chi connectivity index (χ1v) is 11.1. The summed E-state index contributed by atoms with van der Waals surface area (Å²) in [6, 6.07) is 5.58. The molecule has 0 unspecified atom stereocenters. The molecule has 0 aliphatic carbocycles. The van der Waals surface area contributed by atoms with E-state index >= 15 is 0 Å².